The zero-order valence-electron chi connectivity index (χ0n) is 10.2. The first-order chi connectivity index (χ1) is 7.03. The summed E-state index contributed by atoms with van der Waals surface area (Å²) in [6, 6.07) is 0. The van der Waals surface area contributed by atoms with Crippen LogP contribution in [-0.4, -0.2) is 55.2 Å². The molecule has 1 N–H and O–H groups in total. The minimum Gasteiger partial charge on any atom is -0.389 e. The number of methoxy groups -OCH3 is 2. The smallest absolute Gasteiger partial charge is 0.193 e. The Morgan fingerprint density at radius 3 is 2.00 bits per heavy atom. The highest BCUT2D eigenvalue weighted by molar-refractivity contribution is 4.93. The molecule has 1 fully saturated rings. The van der Waals surface area contributed by atoms with Crippen LogP contribution in [0.15, 0.2) is 0 Å². The van der Waals surface area contributed by atoms with E-state index in [0.717, 1.165) is 25.9 Å². The Labute approximate surface area is 92.2 Å². The monoisotopic (exact) mass is 217 g/mol. The molecule has 0 aromatic carbocycles. The molecule has 15 heavy (non-hydrogen) atoms. The van der Waals surface area contributed by atoms with Crippen LogP contribution in [0.25, 0.3) is 0 Å². The first kappa shape index (κ1) is 12.9. The Hall–Kier alpha value is -0.160. The molecule has 0 bridgehead atoms. The lowest BCUT2D eigenvalue weighted by atomic mass is 9.94. The zero-order valence-corrected chi connectivity index (χ0v) is 10.2. The molecule has 0 spiro atoms. The molecule has 0 aromatic rings. The summed E-state index contributed by atoms with van der Waals surface area (Å²) in [5.41, 5.74) is -0.562. The van der Waals surface area contributed by atoms with Crippen LogP contribution in [0.5, 0.6) is 0 Å². The second kappa shape index (κ2) is 4.78. The normalized spacial score (nSPS) is 21.4. The molecule has 1 aliphatic rings. The van der Waals surface area contributed by atoms with Crippen LogP contribution in [0.4, 0.5) is 0 Å². The minimum absolute atomic E-state index is 0.442. The standard InChI is InChI=1S/C11H23NO3/c1-5-10(13,6-2)7-12-8-11(9-12,14-3)15-4/h13H,5-9H2,1-4H3. The van der Waals surface area contributed by atoms with Gasteiger partial charge in [-0.25, -0.2) is 0 Å². The number of ether oxygens (including phenoxy) is 2. The van der Waals surface area contributed by atoms with Crippen molar-refractivity contribution in [1.29, 1.82) is 0 Å². The number of nitrogens with zero attached hydrogens (tertiary/aromatic N) is 1. The summed E-state index contributed by atoms with van der Waals surface area (Å²) < 4.78 is 10.6. The summed E-state index contributed by atoms with van der Waals surface area (Å²) in [4.78, 5) is 2.17. The lowest BCUT2D eigenvalue weighted by Gasteiger charge is -2.49. The fourth-order valence-corrected chi connectivity index (χ4v) is 1.98. The number of hydrogen-bond acceptors (Lipinski definition) is 4. The molecule has 1 saturated heterocycles. The Kier molecular flexibility index (Phi) is 4.12. The van der Waals surface area contributed by atoms with Gasteiger partial charge in [-0.1, -0.05) is 13.8 Å². The average Bonchev–Trinajstić information content (AvgIpc) is 2.22. The molecule has 90 valence electrons. The SMILES string of the molecule is CCC(O)(CC)CN1CC(OC)(OC)C1. The fraction of sp³-hybridized carbons (Fsp3) is 1.00. The molecule has 0 saturated carbocycles. The molecular formula is C11H23NO3. The van der Waals surface area contributed by atoms with Crippen molar-refractivity contribution in [1.82, 2.24) is 4.90 Å². The van der Waals surface area contributed by atoms with E-state index >= 15 is 0 Å². The molecule has 0 aromatic heterocycles. The Morgan fingerprint density at radius 2 is 1.67 bits per heavy atom. The van der Waals surface area contributed by atoms with Gasteiger partial charge in [-0.2, -0.15) is 0 Å². The van der Waals surface area contributed by atoms with E-state index in [9.17, 15) is 5.11 Å². The molecule has 0 atom stereocenters. The summed E-state index contributed by atoms with van der Waals surface area (Å²) >= 11 is 0. The van der Waals surface area contributed by atoms with Gasteiger partial charge in [-0.05, 0) is 12.8 Å². The highest BCUT2D eigenvalue weighted by atomic mass is 16.7. The maximum Gasteiger partial charge on any atom is 0.193 e. The van der Waals surface area contributed by atoms with E-state index in [1.165, 1.54) is 0 Å². The number of β-amino-alcohol motifs (C(OH)–C–C–N with tert-alkyl or cyclic N) is 1. The van der Waals surface area contributed by atoms with Crippen LogP contribution < -0.4 is 0 Å². The van der Waals surface area contributed by atoms with Gasteiger partial charge in [0.15, 0.2) is 5.79 Å². The largest absolute Gasteiger partial charge is 0.389 e. The van der Waals surface area contributed by atoms with Crippen molar-refractivity contribution in [2.75, 3.05) is 33.9 Å². The van der Waals surface area contributed by atoms with Crippen LogP contribution in [0.3, 0.4) is 0 Å². The molecule has 1 heterocycles. The van der Waals surface area contributed by atoms with Crippen LogP contribution >= 0.6 is 0 Å². The van der Waals surface area contributed by atoms with E-state index in [1.807, 2.05) is 13.8 Å². The van der Waals surface area contributed by atoms with Gasteiger partial charge >= 0.3 is 0 Å². The van der Waals surface area contributed by atoms with Gasteiger partial charge in [0.25, 0.3) is 0 Å². The van der Waals surface area contributed by atoms with Crippen molar-refractivity contribution < 1.29 is 14.6 Å². The van der Waals surface area contributed by atoms with E-state index in [4.69, 9.17) is 9.47 Å². The fourth-order valence-electron chi connectivity index (χ4n) is 1.98. The molecule has 0 aliphatic carbocycles. The van der Waals surface area contributed by atoms with Gasteiger partial charge in [-0.3, -0.25) is 4.90 Å². The maximum atomic E-state index is 10.2. The van der Waals surface area contributed by atoms with Gasteiger partial charge in [-0.15, -0.1) is 0 Å². The highest BCUT2D eigenvalue weighted by Gasteiger charge is 2.45. The summed E-state index contributed by atoms with van der Waals surface area (Å²) in [6.45, 7) is 6.21. The van der Waals surface area contributed by atoms with Crippen LogP contribution in [0.2, 0.25) is 0 Å². The molecule has 0 radical (unpaired) electrons. The zero-order chi connectivity index (χ0) is 11.5. The van der Waals surface area contributed by atoms with Crippen molar-refractivity contribution >= 4 is 0 Å². The topological polar surface area (TPSA) is 41.9 Å². The maximum absolute atomic E-state index is 10.2. The van der Waals surface area contributed by atoms with E-state index < -0.39 is 11.4 Å². The van der Waals surface area contributed by atoms with Crippen molar-refractivity contribution in [3.8, 4) is 0 Å². The quantitative estimate of drug-likeness (QED) is 0.670. The predicted molar refractivity (Wildman–Crippen MR) is 58.7 cm³/mol. The number of rotatable bonds is 6. The third kappa shape index (κ3) is 2.69. The van der Waals surface area contributed by atoms with Crippen molar-refractivity contribution in [3.05, 3.63) is 0 Å². The molecular weight excluding hydrogens is 194 g/mol. The van der Waals surface area contributed by atoms with Crippen molar-refractivity contribution in [2.24, 2.45) is 0 Å². The lowest BCUT2D eigenvalue weighted by molar-refractivity contribution is -0.280. The Balaban J connectivity index is 2.39. The third-order valence-corrected chi connectivity index (χ3v) is 3.51. The summed E-state index contributed by atoms with van der Waals surface area (Å²) in [7, 11) is 3.32. The minimum atomic E-state index is -0.562. The summed E-state index contributed by atoms with van der Waals surface area (Å²) in [5, 5.41) is 10.2. The second-order valence-electron chi connectivity index (χ2n) is 4.40. The Bertz CT molecular complexity index is 192. The molecule has 4 heteroatoms. The van der Waals surface area contributed by atoms with Crippen molar-refractivity contribution in [2.45, 2.75) is 38.1 Å². The van der Waals surface area contributed by atoms with Gasteiger partial charge in [0, 0.05) is 20.8 Å². The predicted octanol–water partition coefficient (Wildman–Crippen LogP) is 0.842. The van der Waals surface area contributed by atoms with Crippen molar-refractivity contribution in [3.63, 3.8) is 0 Å². The second-order valence-corrected chi connectivity index (χ2v) is 4.40. The van der Waals surface area contributed by atoms with Crippen LogP contribution in [0.1, 0.15) is 26.7 Å². The molecule has 1 aliphatic heterocycles. The number of likely N-dealkylation sites (tertiary alicyclic amines) is 1. The first-order valence-corrected chi connectivity index (χ1v) is 5.58. The Morgan fingerprint density at radius 1 is 1.20 bits per heavy atom. The van der Waals surface area contributed by atoms with Gasteiger partial charge in [0.05, 0.1) is 18.7 Å². The first-order valence-electron chi connectivity index (χ1n) is 5.58. The van der Waals surface area contributed by atoms with E-state index in [1.54, 1.807) is 14.2 Å². The summed E-state index contributed by atoms with van der Waals surface area (Å²) in [6.07, 6.45) is 1.57. The molecule has 0 amide bonds. The van der Waals surface area contributed by atoms with Gasteiger partial charge < -0.3 is 14.6 Å². The number of aliphatic hydroxyl groups is 1. The average molecular weight is 217 g/mol. The van der Waals surface area contributed by atoms with E-state index in [-0.39, 0.29) is 0 Å². The van der Waals surface area contributed by atoms with Crippen LogP contribution in [0, 0.1) is 0 Å². The third-order valence-electron chi connectivity index (χ3n) is 3.51. The van der Waals surface area contributed by atoms with E-state index in [2.05, 4.69) is 4.90 Å². The van der Waals surface area contributed by atoms with Gasteiger partial charge in [0.1, 0.15) is 0 Å². The van der Waals surface area contributed by atoms with E-state index in [0.29, 0.717) is 6.54 Å². The van der Waals surface area contributed by atoms with Gasteiger partial charge in [0.2, 0.25) is 0 Å². The van der Waals surface area contributed by atoms with Crippen LogP contribution in [-0.2, 0) is 9.47 Å². The molecule has 0 unspecified atom stereocenters. The molecule has 4 nitrogen and oxygen atoms in total. The summed E-state index contributed by atoms with van der Waals surface area (Å²) in [5.74, 6) is -0.442. The lowest BCUT2D eigenvalue weighted by Crippen LogP contribution is -2.66. The molecule has 1 rings (SSSR count). The highest BCUT2D eigenvalue weighted by Crippen LogP contribution is 2.28. The number of hydrogen-bond donors (Lipinski definition) is 1.